The fourth-order valence-electron chi connectivity index (χ4n) is 2.62. The van der Waals surface area contributed by atoms with Crippen molar-refractivity contribution in [3.63, 3.8) is 0 Å². The first kappa shape index (κ1) is 19.9. The molecular formula is C22H18N2O5. The molecule has 0 saturated carbocycles. The lowest BCUT2D eigenvalue weighted by atomic mass is 10.1. The Kier molecular flexibility index (Phi) is 6.40. The smallest absolute Gasteiger partial charge is 0.328 e. The van der Waals surface area contributed by atoms with Crippen LogP contribution in [0.25, 0.3) is 11.1 Å². The minimum Gasteiger partial charge on any atom is -0.480 e. The molecule has 0 aliphatic rings. The Labute approximate surface area is 167 Å². The first-order valence-corrected chi connectivity index (χ1v) is 8.81. The number of carboxylic acids is 1. The van der Waals surface area contributed by atoms with Crippen molar-refractivity contribution in [2.75, 3.05) is 6.61 Å². The number of aliphatic carboxylic acids is 1. The van der Waals surface area contributed by atoms with Gasteiger partial charge >= 0.3 is 5.97 Å². The molecule has 0 saturated heterocycles. The van der Waals surface area contributed by atoms with Crippen molar-refractivity contribution in [2.45, 2.75) is 12.6 Å². The van der Waals surface area contributed by atoms with Gasteiger partial charge in [0.2, 0.25) is 0 Å². The summed E-state index contributed by atoms with van der Waals surface area (Å²) in [7, 11) is 0. The molecule has 2 aromatic carbocycles. The van der Waals surface area contributed by atoms with Crippen molar-refractivity contribution in [3.05, 3.63) is 83.8 Å². The standard InChI is InChI=1S/C22H18N2O5/c23-11-15-6-8-17(9-7-15)18-10-20(29-13-18)21(25)24-19(22(26)27)14-28-12-16-4-2-1-3-5-16/h1-10,13,19H,12,14H2,(H,24,25)(H,26,27). The number of carbonyl (C=O) groups excluding carboxylic acids is 1. The van der Waals surface area contributed by atoms with Crippen LogP contribution in [0.3, 0.4) is 0 Å². The number of ether oxygens (including phenoxy) is 1. The van der Waals surface area contributed by atoms with E-state index in [-0.39, 0.29) is 19.0 Å². The second kappa shape index (κ2) is 9.35. The number of nitrogens with zero attached hydrogens (tertiary/aromatic N) is 1. The van der Waals surface area contributed by atoms with Gasteiger partial charge < -0.3 is 19.6 Å². The topological polar surface area (TPSA) is 113 Å². The van der Waals surface area contributed by atoms with E-state index >= 15 is 0 Å². The monoisotopic (exact) mass is 390 g/mol. The van der Waals surface area contributed by atoms with E-state index < -0.39 is 17.9 Å². The van der Waals surface area contributed by atoms with Gasteiger partial charge in [-0.3, -0.25) is 4.79 Å². The van der Waals surface area contributed by atoms with Crippen LogP contribution in [0.2, 0.25) is 0 Å². The van der Waals surface area contributed by atoms with Gasteiger partial charge in [0.05, 0.1) is 31.1 Å². The molecule has 2 N–H and O–H groups in total. The third kappa shape index (κ3) is 5.31. The summed E-state index contributed by atoms with van der Waals surface area (Å²) in [6.07, 6.45) is 1.40. The number of amides is 1. The molecule has 0 fully saturated rings. The molecule has 0 radical (unpaired) electrons. The van der Waals surface area contributed by atoms with Gasteiger partial charge in [-0.25, -0.2) is 4.79 Å². The SMILES string of the molecule is N#Cc1ccc(-c2coc(C(=O)NC(COCc3ccccc3)C(=O)O)c2)cc1. The van der Waals surface area contributed by atoms with Crippen LogP contribution in [0.15, 0.2) is 71.3 Å². The van der Waals surface area contributed by atoms with Gasteiger partial charge in [0, 0.05) is 5.56 Å². The lowest BCUT2D eigenvalue weighted by molar-refractivity contribution is -0.141. The van der Waals surface area contributed by atoms with Crippen molar-refractivity contribution in [2.24, 2.45) is 0 Å². The van der Waals surface area contributed by atoms with E-state index in [2.05, 4.69) is 5.32 Å². The molecule has 1 heterocycles. The molecular weight excluding hydrogens is 372 g/mol. The zero-order chi connectivity index (χ0) is 20.6. The van der Waals surface area contributed by atoms with E-state index in [0.29, 0.717) is 11.1 Å². The predicted octanol–water partition coefficient (Wildman–Crippen LogP) is 3.22. The molecule has 146 valence electrons. The third-order valence-electron chi connectivity index (χ3n) is 4.17. The summed E-state index contributed by atoms with van der Waals surface area (Å²) in [5, 5.41) is 20.6. The lowest BCUT2D eigenvalue weighted by Crippen LogP contribution is -2.43. The van der Waals surface area contributed by atoms with Crippen LogP contribution in [0.4, 0.5) is 0 Å². The maximum absolute atomic E-state index is 12.4. The highest BCUT2D eigenvalue weighted by Gasteiger charge is 2.23. The number of nitrogens with one attached hydrogen (secondary N) is 1. The minimum atomic E-state index is -1.21. The Balaban J connectivity index is 1.60. The Morgan fingerprint density at radius 3 is 2.48 bits per heavy atom. The van der Waals surface area contributed by atoms with Gasteiger partial charge in [-0.2, -0.15) is 5.26 Å². The third-order valence-corrected chi connectivity index (χ3v) is 4.17. The minimum absolute atomic E-state index is 0.0151. The molecule has 0 aliphatic heterocycles. The summed E-state index contributed by atoms with van der Waals surface area (Å²) >= 11 is 0. The number of nitriles is 1. The molecule has 3 aromatic rings. The zero-order valence-corrected chi connectivity index (χ0v) is 15.4. The summed E-state index contributed by atoms with van der Waals surface area (Å²) in [5.41, 5.74) is 2.84. The fourth-order valence-corrected chi connectivity index (χ4v) is 2.62. The Hall–Kier alpha value is -3.89. The number of rotatable bonds is 8. The van der Waals surface area contributed by atoms with E-state index in [1.807, 2.05) is 36.4 Å². The van der Waals surface area contributed by atoms with Crippen LogP contribution in [-0.2, 0) is 16.1 Å². The molecule has 1 unspecified atom stereocenters. The molecule has 0 aliphatic carbocycles. The van der Waals surface area contributed by atoms with Crippen molar-refractivity contribution < 1.29 is 23.8 Å². The second-order valence-electron chi connectivity index (χ2n) is 6.25. The molecule has 29 heavy (non-hydrogen) atoms. The van der Waals surface area contributed by atoms with E-state index in [0.717, 1.165) is 11.1 Å². The number of hydrogen-bond acceptors (Lipinski definition) is 5. The highest BCUT2D eigenvalue weighted by atomic mass is 16.5. The molecule has 1 aromatic heterocycles. The van der Waals surface area contributed by atoms with Gasteiger partial charge in [-0.15, -0.1) is 0 Å². The first-order chi connectivity index (χ1) is 14.1. The quantitative estimate of drug-likeness (QED) is 0.611. The maximum Gasteiger partial charge on any atom is 0.328 e. The van der Waals surface area contributed by atoms with Gasteiger partial charge in [-0.05, 0) is 29.3 Å². The van der Waals surface area contributed by atoms with E-state index in [9.17, 15) is 14.7 Å². The van der Waals surface area contributed by atoms with Crippen LogP contribution < -0.4 is 5.32 Å². The fraction of sp³-hybridized carbons (Fsp3) is 0.136. The van der Waals surface area contributed by atoms with Crippen molar-refractivity contribution in [1.29, 1.82) is 5.26 Å². The normalized spacial score (nSPS) is 11.4. The molecule has 1 amide bonds. The van der Waals surface area contributed by atoms with Crippen LogP contribution in [0, 0.1) is 11.3 Å². The second-order valence-corrected chi connectivity index (χ2v) is 6.25. The highest BCUT2D eigenvalue weighted by Crippen LogP contribution is 2.22. The number of hydrogen-bond donors (Lipinski definition) is 2. The Bertz CT molecular complexity index is 1020. The number of benzene rings is 2. The maximum atomic E-state index is 12.4. The molecule has 7 nitrogen and oxygen atoms in total. The summed E-state index contributed by atoms with van der Waals surface area (Å²) in [4.78, 5) is 23.8. The first-order valence-electron chi connectivity index (χ1n) is 8.81. The number of carbonyl (C=O) groups is 2. The molecule has 3 rings (SSSR count). The number of furan rings is 1. The van der Waals surface area contributed by atoms with Crippen molar-refractivity contribution in [3.8, 4) is 17.2 Å². The van der Waals surface area contributed by atoms with Crippen LogP contribution >= 0.6 is 0 Å². The molecule has 7 heteroatoms. The highest BCUT2D eigenvalue weighted by molar-refractivity contribution is 5.95. The van der Waals surface area contributed by atoms with E-state index in [1.165, 1.54) is 12.3 Å². The van der Waals surface area contributed by atoms with E-state index in [4.69, 9.17) is 14.4 Å². The summed E-state index contributed by atoms with van der Waals surface area (Å²) in [6, 6.07) is 18.4. The van der Waals surface area contributed by atoms with Gasteiger partial charge in [-0.1, -0.05) is 42.5 Å². The van der Waals surface area contributed by atoms with Crippen molar-refractivity contribution >= 4 is 11.9 Å². The molecule has 1 atom stereocenters. The molecule has 0 spiro atoms. The van der Waals surface area contributed by atoms with Gasteiger partial charge in [0.25, 0.3) is 5.91 Å². The van der Waals surface area contributed by atoms with E-state index in [1.54, 1.807) is 24.3 Å². The largest absolute Gasteiger partial charge is 0.480 e. The van der Waals surface area contributed by atoms with Crippen LogP contribution in [-0.4, -0.2) is 29.6 Å². The van der Waals surface area contributed by atoms with Crippen molar-refractivity contribution in [1.82, 2.24) is 5.32 Å². The summed E-state index contributed by atoms with van der Waals surface area (Å²) < 4.78 is 10.7. The lowest BCUT2D eigenvalue weighted by Gasteiger charge is -2.14. The average Bonchev–Trinajstić information content (AvgIpc) is 3.24. The summed E-state index contributed by atoms with van der Waals surface area (Å²) in [6.45, 7) is 0.0588. The van der Waals surface area contributed by atoms with Gasteiger partial charge in [0.15, 0.2) is 11.8 Å². The predicted molar refractivity (Wildman–Crippen MR) is 104 cm³/mol. The summed E-state index contributed by atoms with van der Waals surface area (Å²) in [5.74, 6) is -1.87. The van der Waals surface area contributed by atoms with Crippen LogP contribution in [0.1, 0.15) is 21.7 Å². The molecule has 0 bridgehead atoms. The van der Waals surface area contributed by atoms with Crippen LogP contribution in [0.5, 0.6) is 0 Å². The van der Waals surface area contributed by atoms with Gasteiger partial charge in [0.1, 0.15) is 0 Å². The number of carboxylic acid groups (broad SMARTS) is 1. The Morgan fingerprint density at radius 1 is 1.10 bits per heavy atom. The average molecular weight is 390 g/mol. The Morgan fingerprint density at radius 2 is 1.83 bits per heavy atom. The zero-order valence-electron chi connectivity index (χ0n) is 15.4.